The number of rotatable bonds is 14. The van der Waals surface area contributed by atoms with E-state index in [9.17, 15) is 13.2 Å². The molecule has 1 amide bonds. The van der Waals surface area contributed by atoms with Crippen LogP contribution in [-0.4, -0.2) is 58.1 Å². The van der Waals surface area contributed by atoms with Crippen molar-refractivity contribution in [3.05, 3.63) is 60.2 Å². The van der Waals surface area contributed by atoms with Gasteiger partial charge in [0.25, 0.3) is 0 Å². The van der Waals surface area contributed by atoms with Crippen molar-refractivity contribution in [2.24, 2.45) is 0 Å². The summed E-state index contributed by atoms with van der Waals surface area (Å²) < 4.78 is 32.7. The number of benzene rings is 2. The summed E-state index contributed by atoms with van der Waals surface area (Å²) in [6.07, 6.45) is 0.916. The molecular weight excluding hydrogens is 426 g/mol. The van der Waals surface area contributed by atoms with Crippen molar-refractivity contribution in [3.8, 4) is 5.75 Å². The van der Waals surface area contributed by atoms with Crippen molar-refractivity contribution in [2.45, 2.75) is 44.6 Å². The van der Waals surface area contributed by atoms with Crippen LogP contribution < -0.4 is 14.8 Å². The Morgan fingerprint density at radius 3 is 2.25 bits per heavy atom. The number of hydrogen-bond donors (Lipinski definition) is 2. The fraction of sp³-hybridized carbons (Fsp3) is 0.458. The Balaban J connectivity index is 1.84. The predicted molar refractivity (Wildman–Crippen MR) is 127 cm³/mol. The lowest BCUT2D eigenvalue weighted by atomic mass is 10.0. The van der Waals surface area contributed by atoms with Gasteiger partial charge in [-0.3, -0.25) is 9.69 Å². The second kappa shape index (κ2) is 13.2. The van der Waals surface area contributed by atoms with Crippen LogP contribution in [0.5, 0.6) is 5.75 Å². The third-order valence-corrected chi connectivity index (χ3v) is 6.74. The molecule has 2 aromatic rings. The van der Waals surface area contributed by atoms with Gasteiger partial charge in [0.05, 0.1) is 11.5 Å². The lowest BCUT2D eigenvalue weighted by Crippen LogP contribution is -2.45. The van der Waals surface area contributed by atoms with Crippen LogP contribution in [0.2, 0.25) is 0 Å². The van der Waals surface area contributed by atoms with E-state index >= 15 is 0 Å². The Hall–Kier alpha value is -2.42. The monoisotopic (exact) mass is 461 g/mol. The largest absolute Gasteiger partial charge is 0.494 e. The molecule has 176 valence electrons. The molecule has 0 saturated carbocycles. The van der Waals surface area contributed by atoms with E-state index in [4.69, 9.17) is 4.74 Å². The van der Waals surface area contributed by atoms with Gasteiger partial charge in [0, 0.05) is 25.6 Å². The Morgan fingerprint density at radius 2 is 1.66 bits per heavy atom. The zero-order chi connectivity index (χ0) is 23.4. The van der Waals surface area contributed by atoms with E-state index in [1.54, 1.807) is 12.1 Å². The van der Waals surface area contributed by atoms with Gasteiger partial charge in [-0.15, -0.1) is 0 Å². The second-order valence-electron chi connectivity index (χ2n) is 7.42. The van der Waals surface area contributed by atoms with Gasteiger partial charge in [0.1, 0.15) is 5.75 Å². The number of nitrogens with zero attached hydrogens (tertiary/aromatic N) is 1. The predicted octanol–water partition coefficient (Wildman–Crippen LogP) is 2.82. The van der Waals surface area contributed by atoms with Gasteiger partial charge in [0.15, 0.2) is 0 Å². The molecule has 0 spiro atoms. The van der Waals surface area contributed by atoms with Crippen LogP contribution in [0.3, 0.4) is 0 Å². The summed E-state index contributed by atoms with van der Waals surface area (Å²) in [6.45, 7) is 8.94. The zero-order valence-electron chi connectivity index (χ0n) is 19.2. The number of hydrogen-bond acceptors (Lipinski definition) is 5. The second-order valence-corrected chi connectivity index (χ2v) is 9.19. The van der Waals surface area contributed by atoms with E-state index in [0.717, 1.165) is 19.5 Å². The smallest absolute Gasteiger partial charge is 0.240 e. The van der Waals surface area contributed by atoms with E-state index in [1.165, 1.54) is 17.7 Å². The molecule has 32 heavy (non-hydrogen) atoms. The molecule has 2 aromatic carbocycles. The summed E-state index contributed by atoms with van der Waals surface area (Å²) in [5, 5.41) is 2.97. The minimum Gasteiger partial charge on any atom is -0.494 e. The lowest BCUT2D eigenvalue weighted by molar-refractivity contribution is -0.121. The maximum Gasteiger partial charge on any atom is 0.240 e. The Bertz CT molecular complexity index is 914. The molecule has 0 aromatic heterocycles. The first-order valence-corrected chi connectivity index (χ1v) is 12.6. The maximum atomic E-state index is 12.4. The molecule has 0 aliphatic heterocycles. The van der Waals surface area contributed by atoms with E-state index in [-0.39, 0.29) is 29.8 Å². The first-order valence-electron chi connectivity index (χ1n) is 11.2. The molecule has 8 heteroatoms. The fourth-order valence-corrected chi connectivity index (χ4v) is 4.57. The van der Waals surface area contributed by atoms with Gasteiger partial charge in [-0.1, -0.05) is 44.2 Å². The van der Waals surface area contributed by atoms with Crippen molar-refractivity contribution < 1.29 is 17.9 Å². The number of amides is 1. The van der Waals surface area contributed by atoms with Crippen LogP contribution in [0.15, 0.2) is 59.5 Å². The quantitative estimate of drug-likeness (QED) is 0.452. The minimum atomic E-state index is -3.67. The third-order valence-electron chi connectivity index (χ3n) is 5.27. The fourth-order valence-electron chi connectivity index (χ4n) is 3.54. The van der Waals surface area contributed by atoms with Gasteiger partial charge >= 0.3 is 0 Å². The molecule has 0 aliphatic rings. The van der Waals surface area contributed by atoms with Crippen LogP contribution >= 0.6 is 0 Å². The Kier molecular flexibility index (Phi) is 10.7. The topological polar surface area (TPSA) is 87.7 Å². The Labute approximate surface area is 192 Å². The van der Waals surface area contributed by atoms with Gasteiger partial charge in [0.2, 0.25) is 15.9 Å². The van der Waals surface area contributed by atoms with Crippen LogP contribution in [0.1, 0.15) is 32.8 Å². The van der Waals surface area contributed by atoms with Crippen LogP contribution in [0, 0.1) is 0 Å². The van der Waals surface area contributed by atoms with Crippen molar-refractivity contribution in [1.82, 2.24) is 14.9 Å². The molecule has 0 saturated heterocycles. The molecule has 0 bridgehead atoms. The molecule has 2 rings (SSSR count). The van der Waals surface area contributed by atoms with E-state index in [0.29, 0.717) is 18.9 Å². The van der Waals surface area contributed by atoms with Crippen molar-refractivity contribution in [1.29, 1.82) is 0 Å². The number of likely N-dealkylation sites (N-methyl/N-ethyl adjacent to an activating group) is 1. The molecule has 7 nitrogen and oxygen atoms in total. The molecule has 1 atom stereocenters. The molecule has 0 heterocycles. The summed E-state index contributed by atoms with van der Waals surface area (Å²) in [4.78, 5) is 14.8. The van der Waals surface area contributed by atoms with Crippen LogP contribution in [0.4, 0.5) is 0 Å². The highest BCUT2D eigenvalue weighted by Gasteiger charge is 2.18. The highest BCUT2D eigenvalue weighted by molar-refractivity contribution is 7.89. The number of carbonyl (C=O) groups excluding carboxylic acids is 1. The SMILES string of the molecule is CCOc1ccc(S(=O)(=O)NCCC(=O)NCC(Cc2ccccc2)N(CC)CC)cc1. The van der Waals surface area contributed by atoms with Crippen molar-refractivity contribution >= 4 is 15.9 Å². The van der Waals surface area contributed by atoms with E-state index < -0.39 is 10.0 Å². The third kappa shape index (κ3) is 8.26. The van der Waals surface area contributed by atoms with Gasteiger partial charge < -0.3 is 10.1 Å². The van der Waals surface area contributed by atoms with Gasteiger partial charge in [-0.25, -0.2) is 13.1 Å². The highest BCUT2D eigenvalue weighted by Crippen LogP contribution is 2.15. The average molecular weight is 462 g/mol. The average Bonchev–Trinajstić information content (AvgIpc) is 2.79. The Morgan fingerprint density at radius 1 is 1.00 bits per heavy atom. The molecule has 0 aliphatic carbocycles. The first kappa shape index (κ1) is 25.8. The maximum absolute atomic E-state index is 12.4. The summed E-state index contributed by atoms with van der Waals surface area (Å²) >= 11 is 0. The summed E-state index contributed by atoms with van der Waals surface area (Å²) in [5.74, 6) is 0.439. The van der Waals surface area contributed by atoms with Crippen LogP contribution in [-0.2, 0) is 21.2 Å². The molecule has 2 N–H and O–H groups in total. The normalized spacial score (nSPS) is 12.5. The van der Waals surface area contributed by atoms with E-state index in [1.807, 2.05) is 25.1 Å². The van der Waals surface area contributed by atoms with Gasteiger partial charge in [-0.2, -0.15) is 0 Å². The van der Waals surface area contributed by atoms with Crippen molar-refractivity contribution in [3.63, 3.8) is 0 Å². The number of nitrogens with one attached hydrogen (secondary N) is 2. The van der Waals surface area contributed by atoms with E-state index in [2.05, 4.69) is 40.9 Å². The molecule has 0 radical (unpaired) electrons. The molecule has 0 fully saturated rings. The van der Waals surface area contributed by atoms with Gasteiger partial charge in [-0.05, 0) is 56.3 Å². The van der Waals surface area contributed by atoms with Crippen molar-refractivity contribution in [2.75, 3.05) is 32.8 Å². The summed E-state index contributed by atoms with van der Waals surface area (Å²) in [7, 11) is -3.67. The standard InChI is InChI=1S/C24H35N3O4S/c1-4-27(5-2)21(18-20-10-8-7-9-11-20)19-25-24(28)16-17-26-32(29,30)23-14-12-22(13-15-23)31-6-3/h7-15,21,26H,4-6,16-19H2,1-3H3,(H,25,28). The summed E-state index contributed by atoms with van der Waals surface area (Å²) in [5.41, 5.74) is 1.22. The minimum absolute atomic E-state index is 0.0377. The zero-order valence-corrected chi connectivity index (χ0v) is 20.0. The first-order chi connectivity index (χ1) is 15.4. The number of sulfonamides is 1. The molecular formula is C24H35N3O4S. The lowest BCUT2D eigenvalue weighted by Gasteiger charge is -2.30. The van der Waals surface area contributed by atoms with Crippen LogP contribution in [0.25, 0.3) is 0 Å². The molecule has 1 unspecified atom stereocenters. The number of ether oxygens (including phenoxy) is 1. The highest BCUT2D eigenvalue weighted by atomic mass is 32.2. The number of carbonyl (C=O) groups is 1. The summed E-state index contributed by atoms with van der Waals surface area (Å²) in [6, 6.07) is 16.6.